The van der Waals surface area contributed by atoms with Crippen LogP contribution in [0.1, 0.15) is 34.6 Å². The van der Waals surface area contributed by atoms with Gasteiger partial charge in [-0.05, 0) is 62.4 Å². The van der Waals surface area contributed by atoms with Crippen molar-refractivity contribution in [2.45, 2.75) is 13.8 Å². The van der Waals surface area contributed by atoms with Crippen LogP contribution in [0.3, 0.4) is 0 Å². The van der Waals surface area contributed by atoms with Crippen LogP contribution in [0, 0.1) is 0 Å². The predicted molar refractivity (Wildman–Crippen MR) is 119 cm³/mol. The third kappa shape index (κ3) is 9.22. The van der Waals surface area contributed by atoms with Gasteiger partial charge in [0.05, 0.1) is 11.1 Å². The molecule has 10 nitrogen and oxygen atoms in total. The highest BCUT2D eigenvalue weighted by Gasteiger charge is 2.02. The number of hydrogen-bond acceptors (Lipinski definition) is 8. The number of aromatic carboxylic acids is 2. The fourth-order valence-electron chi connectivity index (χ4n) is 2.15. The number of benzene rings is 2. The predicted octanol–water partition coefficient (Wildman–Crippen LogP) is 2.65. The topological polar surface area (TPSA) is 169 Å². The Morgan fingerprint density at radius 3 is 1.42 bits per heavy atom. The van der Waals surface area contributed by atoms with Gasteiger partial charge in [-0.3, -0.25) is 0 Å². The lowest BCUT2D eigenvalue weighted by Gasteiger charge is -2.16. The van der Waals surface area contributed by atoms with E-state index in [1.165, 1.54) is 36.9 Å². The maximum Gasteiger partial charge on any atom is 0.335 e. The van der Waals surface area contributed by atoms with E-state index in [2.05, 4.69) is 33.7 Å². The fraction of sp³-hybridized carbons (Fsp3) is 0.190. The summed E-state index contributed by atoms with van der Waals surface area (Å²) in [6.07, 6.45) is 3.03. The number of aromatic nitrogens is 3. The van der Waals surface area contributed by atoms with Gasteiger partial charge in [0.15, 0.2) is 0 Å². The highest BCUT2D eigenvalue weighted by atomic mass is 16.4. The number of carboxylic acids is 2. The molecule has 6 N–H and O–H groups in total. The molecule has 0 saturated heterocycles. The van der Waals surface area contributed by atoms with Crippen LogP contribution in [0.2, 0.25) is 0 Å². The largest absolute Gasteiger partial charge is 0.478 e. The van der Waals surface area contributed by atoms with Crippen LogP contribution in [0.5, 0.6) is 0 Å². The first kappa shape index (κ1) is 24.8. The first-order chi connectivity index (χ1) is 14.8. The number of rotatable bonds is 5. The molecule has 0 fully saturated rings. The van der Waals surface area contributed by atoms with E-state index < -0.39 is 11.9 Å². The highest BCUT2D eigenvalue weighted by Crippen LogP contribution is 2.05. The minimum atomic E-state index is -0.931. The van der Waals surface area contributed by atoms with Crippen molar-refractivity contribution in [3.8, 4) is 0 Å². The molecule has 2 aromatic carbocycles. The van der Waals surface area contributed by atoms with Crippen LogP contribution < -0.4 is 16.4 Å². The first-order valence-electron chi connectivity index (χ1n) is 9.33. The monoisotopic (exact) mass is 426 g/mol. The molecule has 0 bridgehead atoms. The van der Waals surface area contributed by atoms with E-state index in [9.17, 15) is 9.59 Å². The first-order valence-corrected chi connectivity index (χ1v) is 9.33. The zero-order valence-corrected chi connectivity index (χ0v) is 17.3. The van der Waals surface area contributed by atoms with Gasteiger partial charge in [-0.1, -0.05) is 0 Å². The molecule has 3 aromatic rings. The number of anilines is 3. The summed E-state index contributed by atoms with van der Waals surface area (Å²) in [7, 11) is 0. The summed E-state index contributed by atoms with van der Waals surface area (Å²) in [5.41, 5.74) is 12.3. The van der Waals surface area contributed by atoms with Crippen molar-refractivity contribution in [3.05, 3.63) is 72.3 Å². The van der Waals surface area contributed by atoms with Crippen LogP contribution >= 0.6 is 0 Å². The van der Waals surface area contributed by atoms with E-state index in [1.807, 2.05) is 0 Å². The number of carbonyl (C=O) groups is 2. The normalized spacial score (nSPS) is 9.35. The molecule has 0 saturated carbocycles. The zero-order chi connectivity index (χ0) is 23.2. The summed E-state index contributed by atoms with van der Waals surface area (Å²) >= 11 is 0. The van der Waals surface area contributed by atoms with Crippen molar-refractivity contribution in [1.29, 1.82) is 0 Å². The van der Waals surface area contributed by atoms with Gasteiger partial charge in [0.1, 0.15) is 12.7 Å². The second-order valence-corrected chi connectivity index (χ2v) is 5.96. The van der Waals surface area contributed by atoms with E-state index in [0.29, 0.717) is 11.4 Å². The molecule has 10 heteroatoms. The highest BCUT2D eigenvalue weighted by molar-refractivity contribution is 5.88. The van der Waals surface area contributed by atoms with Crippen molar-refractivity contribution in [3.63, 3.8) is 0 Å². The second-order valence-electron chi connectivity index (χ2n) is 5.96. The lowest BCUT2D eigenvalue weighted by molar-refractivity contribution is 0.0686. The van der Waals surface area contributed by atoms with Gasteiger partial charge in [-0.25, -0.2) is 24.5 Å². The lowest BCUT2D eigenvalue weighted by Crippen LogP contribution is -2.23. The second kappa shape index (κ2) is 13.1. The Labute approximate surface area is 180 Å². The van der Waals surface area contributed by atoms with E-state index in [4.69, 9.17) is 21.7 Å². The molecule has 1 heterocycles. The number of carboxylic acid groups (broad SMARTS) is 2. The molecule has 0 spiro atoms. The fourth-order valence-corrected chi connectivity index (χ4v) is 2.15. The molecular formula is C21H26N6O4. The average Bonchev–Trinajstić information content (AvgIpc) is 2.77. The Kier molecular flexibility index (Phi) is 10.5. The zero-order valence-electron chi connectivity index (χ0n) is 17.3. The number of nitrogen functional groups attached to an aromatic ring is 2. The van der Waals surface area contributed by atoms with Gasteiger partial charge < -0.3 is 26.6 Å². The Morgan fingerprint density at radius 2 is 1.13 bits per heavy atom. The number of nitrogens with zero attached hydrogens (tertiary/aromatic N) is 4. The average molecular weight is 426 g/mol. The summed E-state index contributed by atoms with van der Waals surface area (Å²) in [5.74, 6) is -1.11. The molecular weight excluding hydrogens is 400 g/mol. The van der Waals surface area contributed by atoms with Crippen LogP contribution in [0.15, 0.2) is 61.2 Å². The molecule has 0 aliphatic rings. The van der Waals surface area contributed by atoms with Crippen molar-refractivity contribution >= 4 is 29.3 Å². The molecule has 0 unspecified atom stereocenters. The van der Waals surface area contributed by atoms with Gasteiger partial charge in [-0.15, -0.1) is 0 Å². The van der Waals surface area contributed by atoms with Crippen molar-refractivity contribution in [2.24, 2.45) is 0 Å². The Morgan fingerprint density at radius 1 is 0.774 bits per heavy atom. The molecule has 164 valence electrons. The lowest BCUT2D eigenvalue weighted by atomic mass is 10.2. The Hall–Kier alpha value is -4.21. The van der Waals surface area contributed by atoms with Crippen molar-refractivity contribution < 1.29 is 19.8 Å². The molecule has 0 aliphatic heterocycles. The molecule has 0 atom stereocenters. The van der Waals surface area contributed by atoms with Crippen LogP contribution in [-0.4, -0.2) is 50.2 Å². The molecule has 0 aliphatic carbocycles. The van der Waals surface area contributed by atoms with E-state index in [1.54, 1.807) is 24.3 Å². The minimum Gasteiger partial charge on any atom is -0.478 e. The summed E-state index contributed by atoms with van der Waals surface area (Å²) in [4.78, 5) is 34.4. The number of hydrogen-bond donors (Lipinski definition) is 4. The quantitative estimate of drug-likeness (QED) is 0.445. The summed E-state index contributed by atoms with van der Waals surface area (Å²) in [5, 5.41) is 16.9. The third-order valence-corrected chi connectivity index (χ3v) is 3.84. The molecule has 0 radical (unpaired) electrons. The van der Waals surface area contributed by atoms with Gasteiger partial charge in [0.2, 0.25) is 5.95 Å². The Bertz CT molecular complexity index is 875. The van der Waals surface area contributed by atoms with E-state index >= 15 is 0 Å². The van der Waals surface area contributed by atoms with Gasteiger partial charge >= 0.3 is 11.9 Å². The molecule has 0 amide bonds. The van der Waals surface area contributed by atoms with Crippen molar-refractivity contribution in [2.75, 3.05) is 29.5 Å². The standard InChI is InChI=1S/C7H12N4.2C7H7NO2/c1-3-11(4-2)7-9-5-8-6-10-7;2*8-6-3-1-5(2-4-6)7(9)10/h5-6H,3-4H2,1-2H3;2*1-4H,8H2,(H,9,10). The molecule has 3 rings (SSSR count). The summed E-state index contributed by atoms with van der Waals surface area (Å²) in [6, 6.07) is 12.1. The number of nitrogens with two attached hydrogens (primary N) is 2. The Balaban J connectivity index is 0.000000233. The van der Waals surface area contributed by atoms with Crippen molar-refractivity contribution in [1.82, 2.24) is 15.0 Å². The maximum atomic E-state index is 10.3. The van der Waals surface area contributed by atoms with Gasteiger partial charge in [0, 0.05) is 24.5 Å². The van der Waals surface area contributed by atoms with Crippen LogP contribution in [0.25, 0.3) is 0 Å². The summed E-state index contributed by atoms with van der Waals surface area (Å²) in [6.45, 7) is 6.02. The van der Waals surface area contributed by atoms with Gasteiger partial charge in [-0.2, -0.15) is 0 Å². The minimum absolute atomic E-state index is 0.259. The smallest absolute Gasteiger partial charge is 0.335 e. The third-order valence-electron chi connectivity index (χ3n) is 3.84. The molecule has 31 heavy (non-hydrogen) atoms. The maximum absolute atomic E-state index is 10.3. The van der Waals surface area contributed by atoms with Gasteiger partial charge in [0.25, 0.3) is 0 Å². The van der Waals surface area contributed by atoms with Crippen LogP contribution in [0.4, 0.5) is 17.3 Å². The SMILES string of the molecule is CCN(CC)c1ncncn1.Nc1ccc(C(=O)O)cc1.Nc1ccc(C(=O)O)cc1. The van der Waals surface area contributed by atoms with Crippen LogP contribution in [-0.2, 0) is 0 Å². The van der Waals surface area contributed by atoms with E-state index in [-0.39, 0.29) is 11.1 Å². The summed E-state index contributed by atoms with van der Waals surface area (Å²) < 4.78 is 0. The van der Waals surface area contributed by atoms with E-state index in [0.717, 1.165) is 19.0 Å². The molecule has 1 aromatic heterocycles.